The van der Waals surface area contributed by atoms with E-state index in [9.17, 15) is 4.79 Å². The number of rotatable bonds is 2. The minimum Gasteiger partial charge on any atom is -0.495 e. The summed E-state index contributed by atoms with van der Waals surface area (Å²) in [6.45, 7) is 2.04. The van der Waals surface area contributed by atoms with Gasteiger partial charge < -0.3 is 14.1 Å². The number of H-pyrrole nitrogens is 1. The van der Waals surface area contributed by atoms with Gasteiger partial charge in [0.2, 0.25) is 5.56 Å². The van der Waals surface area contributed by atoms with Gasteiger partial charge in [0.15, 0.2) is 0 Å². The van der Waals surface area contributed by atoms with Crippen LogP contribution in [0.5, 0.6) is 5.75 Å². The first-order valence-electron chi connectivity index (χ1n) is 7.32. The van der Waals surface area contributed by atoms with E-state index in [2.05, 4.69) is 4.98 Å². The quantitative estimate of drug-likeness (QED) is 0.619. The molecule has 3 heterocycles. The Kier molecular flexibility index (Phi) is 2.94. The maximum absolute atomic E-state index is 11.7. The number of aromatic amines is 1. The van der Waals surface area contributed by atoms with E-state index in [0.717, 1.165) is 27.9 Å². The number of hydrogen-bond donors (Lipinski definition) is 1. The smallest absolute Gasteiger partial charge is 0.248 e. The van der Waals surface area contributed by atoms with Gasteiger partial charge in [-0.25, -0.2) is 4.98 Å². The molecule has 0 aliphatic heterocycles. The molecule has 3 aromatic heterocycles. The van der Waals surface area contributed by atoms with Gasteiger partial charge in [0, 0.05) is 29.4 Å². The molecule has 0 aliphatic carbocycles. The number of hydrogen-bond acceptors (Lipinski definition) is 3. The maximum atomic E-state index is 11.7. The number of nitrogens with one attached hydrogen (secondary N) is 1. The zero-order chi connectivity index (χ0) is 16.0. The van der Waals surface area contributed by atoms with Crippen LogP contribution in [0.2, 0.25) is 0 Å². The number of pyridine rings is 2. The highest BCUT2D eigenvalue weighted by molar-refractivity contribution is 5.97. The normalized spacial score (nSPS) is 11.2. The van der Waals surface area contributed by atoms with E-state index in [4.69, 9.17) is 9.72 Å². The minimum atomic E-state index is -0.154. The van der Waals surface area contributed by atoms with Crippen molar-refractivity contribution >= 4 is 16.6 Å². The van der Waals surface area contributed by atoms with Gasteiger partial charge in [-0.1, -0.05) is 6.07 Å². The zero-order valence-electron chi connectivity index (χ0n) is 12.8. The van der Waals surface area contributed by atoms with Crippen LogP contribution in [-0.2, 0) is 0 Å². The molecule has 0 atom stereocenters. The molecular weight excluding hydrogens is 290 g/mol. The van der Waals surface area contributed by atoms with Crippen LogP contribution in [0.3, 0.4) is 0 Å². The Hall–Kier alpha value is -3.08. The Labute approximate surface area is 132 Å². The van der Waals surface area contributed by atoms with E-state index >= 15 is 0 Å². The molecular formula is C18H15N3O2. The molecule has 0 fully saturated rings. The molecule has 0 radical (unpaired) electrons. The lowest BCUT2D eigenvalue weighted by molar-refractivity contribution is 0.419. The summed E-state index contributed by atoms with van der Waals surface area (Å²) in [4.78, 5) is 19.2. The lowest BCUT2D eigenvalue weighted by atomic mass is 10.1. The molecule has 5 nitrogen and oxygen atoms in total. The van der Waals surface area contributed by atoms with Crippen LogP contribution < -0.4 is 10.3 Å². The van der Waals surface area contributed by atoms with Gasteiger partial charge >= 0.3 is 0 Å². The van der Waals surface area contributed by atoms with Crippen molar-refractivity contribution in [1.82, 2.24) is 14.4 Å². The summed E-state index contributed by atoms with van der Waals surface area (Å²) in [6, 6.07) is 11.2. The van der Waals surface area contributed by atoms with Crippen molar-refractivity contribution in [1.29, 1.82) is 0 Å². The van der Waals surface area contributed by atoms with Crippen molar-refractivity contribution in [3.8, 4) is 17.0 Å². The van der Waals surface area contributed by atoms with E-state index in [-0.39, 0.29) is 5.56 Å². The molecule has 0 aliphatic rings. The zero-order valence-corrected chi connectivity index (χ0v) is 12.8. The maximum Gasteiger partial charge on any atom is 0.248 e. The summed E-state index contributed by atoms with van der Waals surface area (Å²) in [5.74, 6) is 0.640. The SMILES string of the molecule is COc1ccc(-c2cn3cccc(C)c3n2)c2ccc(=O)[nH]c12. The number of ether oxygens (including phenoxy) is 1. The Balaban J connectivity index is 2.04. The van der Waals surface area contributed by atoms with Gasteiger partial charge in [-0.2, -0.15) is 0 Å². The largest absolute Gasteiger partial charge is 0.495 e. The average molecular weight is 305 g/mol. The van der Waals surface area contributed by atoms with Crippen LogP contribution in [0.25, 0.3) is 27.8 Å². The second-order valence-electron chi connectivity index (χ2n) is 5.47. The molecule has 0 spiro atoms. The van der Waals surface area contributed by atoms with E-state index < -0.39 is 0 Å². The minimum absolute atomic E-state index is 0.154. The molecule has 1 N–H and O–H groups in total. The fraction of sp³-hybridized carbons (Fsp3) is 0.111. The molecule has 4 rings (SSSR count). The summed E-state index contributed by atoms with van der Waals surface area (Å²) >= 11 is 0. The predicted molar refractivity (Wildman–Crippen MR) is 90.0 cm³/mol. The van der Waals surface area contributed by atoms with Crippen LogP contribution in [0.4, 0.5) is 0 Å². The van der Waals surface area contributed by atoms with Crippen LogP contribution >= 0.6 is 0 Å². The van der Waals surface area contributed by atoms with Gasteiger partial charge in [-0.05, 0) is 36.8 Å². The van der Waals surface area contributed by atoms with Crippen LogP contribution in [0.15, 0.2) is 53.6 Å². The fourth-order valence-corrected chi connectivity index (χ4v) is 2.90. The molecule has 0 amide bonds. The summed E-state index contributed by atoms with van der Waals surface area (Å²) in [7, 11) is 1.59. The first kappa shape index (κ1) is 13.6. The molecule has 0 unspecified atom stereocenters. The highest BCUT2D eigenvalue weighted by atomic mass is 16.5. The number of methoxy groups -OCH3 is 1. The topological polar surface area (TPSA) is 59.4 Å². The first-order valence-corrected chi connectivity index (χ1v) is 7.32. The van der Waals surface area contributed by atoms with Crippen molar-refractivity contribution in [3.63, 3.8) is 0 Å². The highest BCUT2D eigenvalue weighted by Crippen LogP contribution is 2.32. The lowest BCUT2D eigenvalue weighted by Crippen LogP contribution is -2.04. The first-order chi connectivity index (χ1) is 11.2. The van der Waals surface area contributed by atoms with Gasteiger partial charge in [-0.15, -0.1) is 0 Å². The van der Waals surface area contributed by atoms with Crippen molar-refractivity contribution < 1.29 is 4.74 Å². The fourth-order valence-electron chi connectivity index (χ4n) is 2.90. The van der Waals surface area contributed by atoms with E-state index in [0.29, 0.717) is 11.3 Å². The van der Waals surface area contributed by atoms with E-state index in [1.807, 2.05) is 54.0 Å². The molecule has 4 aromatic rings. The van der Waals surface area contributed by atoms with Crippen molar-refractivity contribution in [3.05, 3.63) is 64.7 Å². The van der Waals surface area contributed by atoms with Crippen molar-refractivity contribution in [2.24, 2.45) is 0 Å². The predicted octanol–water partition coefficient (Wildman–Crippen LogP) is 3.16. The number of imidazole rings is 1. The molecule has 23 heavy (non-hydrogen) atoms. The Morgan fingerprint density at radius 1 is 1.17 bits per heavy atom. The molecule has 0 saturated heterocycles. The monoisotopic (exact) mass is 305 g/mol. The third kappa shape index (κ3) is 2.09. The molecule has 0 bridgehead atoms. The second kappa shape index (κ2) is 4.98. The molecule has 0 saturated carbocycles. The van der Waals surface area contributed by atoms with Gasteiger partial charge in [0.05, 0.1) is 18.3 Å². The second-order valence-corrected chi connectivity index (χ2v) is 5.47. The molecule has 5 heteroatoms. The third-order valence-corrected chi connectivity index (χ3v) is 4.03. The number of aromatic nitrogens is 3. The number of benzene rings is 1. The van der Waals surface area contributed by atoms with Crippen LogP contribution in [0.1, 0.15) is 5.56 Å². The average Bonchev–Trinajstić information content (AvgIpc) is 2.99. The van der Waals surface area contributed by atoms with Crippen LogP contribution in [0, 0.1) is 6.92 Å². The van der Waals surface area contributed by atoms with Crippen molar-refractivity contribution in [2.45, 2.75) is 6.92 Å². The number of fused-ring (bicyclic) bond motifs is 2. The number of aryl methyl sites for hydroxylation is 1. The van der Waals surface area contributed by atoms with Crippen LogP contribution in [-0.4, -0.2) is 21.5 Å². The highest BCUT2D eigenvalue weighted by Gasteiger charge is 2.12. The van der Waals surface area contributed by atoms with Gasteiger partial charge in [0.1, 0.15) is 11.4 Å². The summed E-state index contributed by atoms with van der Waals surface area (Å²) in [5.41, 5.74) is 4.39. The Bertz CT molecular complexity index is 1090. The summed E-state index contributed by atoms with van der Waals surface area (Å²) in [6.07, 6.45) is 3.97. The van der Waals surface area contributed by atoms with E-state index in [1.54, 1.807) is 7.11 Å². The lowest BCUT2D eigenvalue weighted by Gasteiger charge is -2.08. The Morgan fingerprint density at radius 2 is 2.04 bits per heavy atom. The van der Waals surface area contributed by atoms with Gasteiger partial charge in [0.25, 0.3) is 0 Å². The van der Waals surface area contributed by atoms with Gasteiger partial charge in [-0.3, -0.25) is 4.79 Å². The van der Waals surface area contributed by atoms with Crippen molar-refractivity contribution in [2.75, 3.05) is 7.11 Å². The Morgan fingerprint density at radius 3 is 2.83 bits per heavy atom. The molecule has 1 aromatic carbocycles. The third-order valence-electron chi connectivity index (χ3n) is 4.03. The van der Waals surface area contributed by atoms with E-state index in [1.165, 1.54) is 6.07 Å². The number of nitrogens with zero attached hydrogens (tertiary/aromatic N) is 2. The molecule has 114 valence electrons. The summed E-state index contributed by atoms with van der Waals surface area (Å²) < 4.78 is 7.36. The standard InChI is InChI=1S/C18H15N3O2/c1-11-4-3-9-21-10-14(19-18(11)21)12-5-7-15(23-2)17-13(12)6-8-16(22)20-17/h3-10H,1-2H3,(H,20,22). The summed E-state index contributed by atoms with van der Waals surface area (Å²) in [5, 5.41) is 0.907.